The highest BCUT2D eigenvalue weighted by molar-refractivity contribution is 5.92. The van der Waals surface area contributed by atoms with Crippen molar-refractivity contribution in [2.24, 2.45) is 0 Å². The van der Waals surface area contributed by atoms with Crippen LogP contribution in [0.25, 0.3) is 22.3 Å². The molecule has 0 aliphatic heterocycles. The summed E-state index contributed by atoms with van der Waals surface area (Å²) in [6.45, 7) is 0. The Balaban J connectivity index is 2.18. The Labute approximate surface area is 228 Å². The molecule has 0 aromatic heterocycles. The van der Waals surface area contributed by atoms with E-state index >= 15 is 26.3 Å². The van der Waals surface area contributed by atoms with Gasteiger partial charge in [0.1, 0.15) is 11.5 Å². The van der Waals surface area contributed by atoms with Crippen LogP contribution in [0.2, 0.25) is 0 Å². The first kappa shape index (κ1) is 29.0. The second-order valence-electron chi connectivity index (χ2n) is 8.85. The number of carbonyl (C=O) groups excluding carboxylic acids is 2. The lowest BCUT2D eigenvalue weighted by atomic mass is 9.69. The maximum Gasteiger partial charge on any atom is 0.411 e. The van der Waals surface area contributed by atoms with Crippen molar-refractivity contribution in [2.75, 3.05) is 10.6 Å². The van der Waals surface area contributed by atoms with Crippen LogP contribution < -0.4 is 10.6 Å². The summed E-state index contributed by atoms with van der Waals surface area (Å²) in [5.41, 5.74) is -7.55. The lowest BCUT2D eigenvalue weighted by Gasteiger charge is -2.40. The number of halogens is 6. The number of aromatic hydroxyl groups is 2. The van der Waals surface area contributed by atoms with Crippen LogP contribution in [0.4, 0.5) is 37.7 Å². The number of phenols is 2. The summed E-state index contributed by atoms with van der Waals surface area (Å²) in [5, 5.41) is 25.2. The van der Waals surface area contributed by atoms with Crippen LogP contribution in [0.1, 0.15) is 11.1 Å². The molecule has 0 aliphatic rings. The van der Waals surface area contributed by atoms with Crippen molar-refractivity contribution in [1.82, 2.24) is 0 Å². The highest BCUT2D eigenvalue weighted by Crippen LogP contribution is 2.60. The van der Waals surface area contributed by atoms with Crippen LogP contribution >= 0.6 is 0 Å². The van der Waals surface area contributed by atoms with E-state index in [-0.39, 0.29) is 28.1 Å². The summed E-state index contributed by atoms with van der Waals surface area (Å²) in [6, 6.07) is 14.2. The third-order valence-electron chi connectivity index (χ3n) is 6.54. The van der Waals surface area contributed by atoms with Gasteiger partial charge in [0, 0.05) is 16.9 Å². The van der Waals surface area contributed by atoms with Gasteiger partial charge in [0.15, 0.2) is 0 Å². The molecule has 0 fully saturated rings. The van der Waals surface area contributed by atoms with E-state index in [1.54, 1.807) is 0 Å². The molecule has 4 N–H and O–H groups in total. The van der Waals surface area contributed by atoms with Crippen LogP contribution in [-0.4, -0.2) is 35.4 Å². The SMILES string of the molecule is O=CNc1ccc(-c2c(O)ccc(C(c3ccc(O)cc3)(C(F)(F)F)C(F)(F)F)c2-c2ccc(NC=O)cc2)cc1. The molecule has 12 heteroatoms. The number of nitrogens with one attached hydrogen (secondary N) is 2. The monoisotopic (exact) mass is 574 g/mol. The first-order chi connectivity index (χ1) is 19.3. The van der Waals surface area contributed by atoms with Gasteiger partial charge in [-0.1, -0.05) is 42.5 Å². The zero-order valence-corrected chi connectivity index (χ0v) is 20.7. The molecule has 212 valence electrons. The predicted molar refractivity (Wildman–Crippen MR) is 139 cm³/mol. The molecule has 4 aromatic rings. The maximum atomic E-state index is 15.0. The fourth-order valence-corrected chi connectivity index (χ4v) is 4.76. The zero-order valence-electron chi connectivity index (χ0n) is 20.7. The Hall–Kier alpha value is -5.00. The van der Waals surface area contributed by atoms with E-state index in [4.69, 9.17) is 0 Å². The number of rotatable bonds is 8. The molecule has 0 saturated carbocycles. The minimum Gasteiger partial charge on any atom is -0.508 e. The Bertz CT molecular complexity index is 1540. The highest BCUT2D eigenvalue weighted by atomic mass is 19.4. The Morgan fingerprint density at radius 3 is 1.41 bits per heavy atom. The van der Waals surface area contributed by atoms with E-state index in [0.29, 0.717) is 31.0 Å². The van der Waals surface area contributed by atoms with Gasteiger partial charge < -0.3 is 20.8 Å². The molecule has 0 spiro atoms. The largest absolute Gasteiger partial charge is 0.508 e. The van der Waals surface area contributed by atoms with Gasteiger partial charge in [-0.15, -0.1) is 0 Å². The van der Waals surface area contributed by atoms with Gasteiger partial charge in [-0.2, -0.15) is 26.3 Å². The van der Waals surface area contributed by atoms with Crippen molar-refractivity contribution in [3.8, 4) is 33.8 Å². The fourth-order valence-electron chi connectivity index (χ4n) is 4.76. The van der Waals surface area contributed by atoms with Crippen LogP contribution in [0, 0.1) is 0 Å². The van der Waals surface area contributed by atoms with E-state index < -0.39 is 46.0 Å². The topological polar surface area (TPSA) is 98.7 Å². The van der Waals surface area contributed by atoms with Gasteiger partial charge in [0.2, 0.25) is 18.2 Å². The number of benzene rings is 4. The first-order valence-corrected chi connectivity index (χ1v) is 11.8. The summed E-state index contributed by atoms with van der Waals surface area (Å²) < 4.78 is 90.2. The number of amides is 2. The van der Waals surface area contributed by atoms with Crippen molar-refractivity contribution >= 4 is 24.2 Å². The Kier molecular flexibility index (Phi) is 7.69. The van der Waals surface area contributed by atoms with E-state index in [0.717, 1.165) is 18.2 Å². The number of hydrogen-bond donors (Lipinski definition) is 4. The normalized spacial score (nSPS) is 12.0. The van der Waals surface area contributed by atoms with Gasteiger partial charge >= 0.3 is 12.4 Å². The molecule has 0 aliphatic carbocycles. The fraction of sp³-hybridized carbons (Fsp3) is 0.103. The van der Waals surface area contributed by atoms with Crippen LogP contribution in [0.15, 0.2) is 84.9 Å². The zero-order chi connectivity index (χ0) is 30.0. The Morgan fingerprint density at radius 1 is 0.561 bits per heavy atom. The molecule has 2 amide bonds. The molecule has 4 rings (SSSR count). The minimum absolute atomic E-state index is 0.0508. The molecule has 0 heterocycles. The molecule has 0 radical (unpaired) electrons. The second kappa shape index (κ2) is 10.9. The van der Waals surface area contributed by atoms with Crippen LogP contribution in [0.3, 0.4) is 0 Å². The first-order valence-electron chi connectivity index (χ1n) is 11.8. The predicted octanol–water partition coefficient (Wildman–Crippen LogP) is 6.98. The number of phenolic OH excluding ortho intramolecular Hbond substituents is 2. The standard InChI is InChI=1S/C29H20F6N2O4/c30-28(31,32)27(29(33,34)35,19-5-11-22(40)12-6-19)23-13-14-24(41)26(18-3-9-21(10-4-18)37-16-39)25(23)17-1-7-20(8-2-17)36-15-38/h1-16,40-41H,(H,36,38)(H,37,39). The molecule has 0 bridgehead atoms. The average Bonchev–Trinajstić information content (AvgIpc) is 2.90. The smallest absolute Gasteiger partial charge is 0.411 e. The summed E-state index contributed by atoms with van der Waals surface area (Å²) in [6.07, 6.45) is -11.2. The lowest BCUT2D eigenvalue weighted by Crippen LogP contribution is -2.55. The number of carbonyl (C=O) groups is 2. The molecule has 0 unspecified atom stereocenters. The second-order valence-corrected chi connectivity index (χ2v) is 8.85. The van der Waals surface area contributed by atoms with E-state index in [9.17, 15) is 19.8 Å². The molecule has 6 nitrogen and oxygen atoms in total. The van der Waals surface area contributed by atoms with E-state index in [1.807, 2.05) is 0 Å². The molecule has 0 saturated heterocycles. The lowest BCUT2D eigenvalue weighted by molar-refractivity contribution is -0.288. The van der Waals surface area contributed by atoms with Gasteiger partial charge in [-0.3, -0.25) is 9.59 Å². The van der Waals surface area contributed by atoms with E-state index in [1.165, 1.54) is 48.5 Å². The van der Waals surface area contributed by atoms with Crippen molar-refractivity contribution in [2.45, 2.75) is 17.8 Å². The molecule has 41 heavy (non-hydrogen) atoms. The number of hydrogen-bond acceptors (Lipinski definition) is 4. The van der Waals surface area contributed by atoms with Crippen molar-refractivity contribution < 1.29 is 46.1 Å². The van der Waals surface area contributed by atoms with Gasteiger partial charge in [0.25, 0.3) is 0 Å². The summed E-state index contributed by atoms with van der Waals surface area (Å²) in [7, 11) is 0. The molecule has 0 atom stereocenters. The van der Waals surface area contributed by atoms with Gasteiger partial charge in [-0.25, -0.2) is 0 Å². The summed E-state index contributed by atoms with van der Waals surface area (Å²) in [4.78, 5) is 21.6. The van der Waals surface area contributed by atoms with Crippen LogP contribution in [-0.2, 0) is 15.0 Å². The van der Waals surface area contributed by atoms with Crippen molar-refractivity contribution in [1.29, 1.82) is 0 Å². The summed E-state index contributed by atoms with van der Waals surface area (Å²) in [5.74, 6) is -1.15. The number of alkyl halides is 6. The number of anilines is 2. The van der Waals surface area contributed by atoms with Gasteiger partial charge in [0.05, 0.1) is 0 Å². The third-order valence-corrected chi connectivity index (χ3v) is 6.54. The highest BCUT2D eigenvalue weighted by Gasteiger charge is 2.73. The average molecular weight is 574 g/mol. The van der Waals surface area contributed by atoms with Crippen LogP contribution in [0.5, 0.6) is 11.5 Å². The maximum absolute atomic E-state index is 15.0. The molecule has 4 aromatic carbocycles. The van der Waals surface area contributed by atoms with E-state index in [2.05, 4.69) is 10.6 Å². The Morgan fingerprint density at radius 2 is 1.00 bits per heavy atom. The van der Waals surface area contributed by atoms with Gasteiger partial charge in [-0.05, 0) is 70.3 Å². The quantitative estimate of drug-likeness (QED) is 0.135. The molecular formula is C29H20F6N2O4. The molecular weight excluding hydrogens is 554 g/mol. The minimum atomic E-state index is -5.96. The van der Waals surface area contributed by atoms with Crippen molar-refractivity contribution in [3.63, 3.8) is 0 Å². The third kappa shape index (κ3) is 5.15. The van der Waals surface area contributed by atoms with Crippen molar-refractivity contribution in [3.05, 3.63) is 96.1 Å². The summed E-state index contributed by atoms with van der Waals surface area (Å²) >= 11 is 0.